The highest BCUT2D eigenvalue weighted by Gasteiger charge is 2.19. The minimum atomic E-state index is -0.443. The average molecular weight is 476 g/mol. The zero-order chi connectivity index (χ0) is 24.2. The van der Waals surface area contributed by atoms with E-state index < -0.39 is 5.91 Å². The molecule has 8 heteroatoms. The Kier molecular flexibility index (Phi) is 6.79. The summed E-state index contributed by atoms with van der Waals surface area (Å²) in [5, 5.41) is 5.81. The summed E-state index contributed by atoms with van der Waals surface area (Å²) in [7, 11) is 2.98. The summed E-state index contributed by atoms with van der Waals surface area (Å²) >= 11 is 5.34. The molecule has 0 atom stereocenters. The Morgan fingerprint density at radius 3 is 2.29 bits per heavy atom. The van der Waals surface area contributed by atoms with E-state index in [1.54, 1.807) is 24.3 Å². The molecule has 1 heterocycles. The molecular weight excluding hydrogens is 450 g/mol. The first-order chi connectivity index (χ1) is 16.4. The van der Waals surface area contributed by atoms with Crippen LogP contribution in [0.2, 0.25) is 0 Å². The number of nitrogens with one attached hydrogen (secondary N) is 2. The molecule has 0 spiro atoms. The number of carbonyl (C=O) groups is 1. The molecule has 0 aliphatic rings. The van der Waals surface area contributed by atoms with Crippen LogP contribution in [0.25, 0.3) is 22.6 Å². The van der Waals surface area contributed by atoms with E-state index in [0.29, 0.717) is 40.1 Å². The van der Waals surface area contributed by atoms with Crippen molar-refractivity contribution in [2.75, 3.05) is 19.5 Å². The monoisotopic (exact) mass is 475 g/mol. The van der Waals surface area contributed by atoms with Crippen molar-refractivity contribution in [2.45, 2.75) is 19.8 Å². The van der Waals surface area contributed by atoms with E-state index in [-0.39, 0.29) is 10.7 Å². The molecule has 3 aromatic carbocycles. The van der Waals surface area contributed by atoms with Crippen molar-refractivity contribution in [3.8, 4) is 23.0 Å². The smallest absolute Gasteiger partial charge is 0.264 e. The molecule has 0 unspecified atom stereocenters. The van der Waals surface area contributed by atoms with Gasteiger partial charge in [-0.2, -0.15) is 0 Å². The highest BCUT2D eigenvalue weighted by molar-refractivity contribution is 7.80. The summed E-state index contributed by atoms with van der Waals surface area (Å²) in [4.78, 5) is 17.4. The summed E-state index contributed by atoms with van der Waals surface area (Å²) < 4.78 is 16.5. The Bertz CT molecular complexity index is 1320. The Labute approximate surface area is 203 Å². The van der Waals surface area contributed by atoms with Crippen molar-refractivity contribution in [2.24, 2.45) is 0 Å². The molecule has 7 nitrogen and oxygen atoms in total. The van der Waals surface area contributed by atoms with Crippen molar-refractivity contribution in [3.63, 3.8) is 0 Å². The highest BCUT2D eigenvalue weighted by atomic mass is 32.1. The van der Waals surface area contributed by atoms with E-state index in [1.807, 2.05) is 24.3 Å². The number of aromatic nitrogens is 1. The van der Waals surface area contributed by atoms with Gasteiger partial charge >= 0.3 is 0 Å². The molecule has 4 rings (SSSR count). The van der Waals surface area contributed by atoms with Gasteiger partial charge < -0.3 is 19.2 Å². The third kappa shape index (κ3) is 4.87. The Hall–Kier alpha value is -3.91. The van der Waals surface area contributed by atoms with Crippen LogP contribution in [-0.2, 0) is 0 Å². The van der Waals surface area contributed by atoms with Crippen LogP contribution in [0.4, 0.5) is 5.69 Å². The molecule has 0 saturated heterocycles. The first kappa shape index (κ1) is 23.3. The molecule has 0 radical (unpaired) electrons. The zero-order valence-electron chi connectivity index (χ0n) is 19.3. The molecule has 174 valence electrons. The van der Waals surface area contributed by atoms with Crippen molar-refractivity contribution < 1.29 is 18.7 Å². The minimum Gasteiger partial charge on any atom is -0.496 e. The number of hydrogen-bond acceptors (Lipinski definition) is 6. The largest absolute Gasteiger partial charge is 0.496 e. The lowest BCUT2D eigenvalue weighted by Gasteiger charge is -2.14. The van der Waals surface area contributed by atoms with Crippen LogP contribution in [0.5, 0.6) is 11.5 Å². The molecular formula is C26H25N3O4S. The molecule has 1 amide bonds. The van der Waals surface area contributed by atoms with Gasteiger partial charge in [-0.05, 0) is 66.2 Å². The van der Waals surface area contributed by atoms with E-state index in [1.165, 1.54) is 19.8 Å². The van der Waals surface area contributed by atoms with Gasteiger partial charge in [-0.25, -0.2) is 4.98 Å². The van der Waals surface area contributed by atoms with Gasteiger partial charge in [0.1, 0.15) is 22.6 Å². The Balaban J connectivity index is 1.49. The van der Waals surface area contributed by atoms with Gasteiger partial charge in [-0.3, -0.25) is 10.1 Å². The topological polar surface area (TPSA) is 85.6 Å². The second-order valence-corrected chi connectivity index (χ2v) is 8.33. The van der Waals surface area contributed by atoms with Crippen LogP contribution in [0, 0.1) is 0 Å². The summed E-state index contributed by atoms with van der Waals surface area (Å²) in [5.41, 5.74) is 4.42. The standard InChI is InChI=1S/C26H25N3O4S/c1-15(2)16-8-10-17(11-9-16)25-28-19-14-18(12-13-20(19)33-25)27-26(34)29-24(30)23-21(31-3)6-5-7-22(23)32-4/h5-15H,1-4H3,(H2,27,29,30,34). The Morgan fingerprint density at radius 2 is 1.68 bits per heavy atom. The fraction of sp³-hybridized carbons (Fsp3) is 0.192. The third-order valence-corrected chi connectivity index (χ3v) is 5.56. The number of anilines is 1. The van der Waals surface area contributed by atoms with Crippen LogP contribution in [-0.4, -0.2) is 30.2 Å². The maximum absolute atomic E-state index is 12.8. The lowest BCUT2D eigenvalue weighted by Crippen LogP contribution is -2.34. The minimum absolute atomic E-state index is 0.130. The predicted molar refractivity (Wildman–Crippen MR) is 137 cm³/mol. The quantitative estimate of drug-likeness (QED) is 0.343. The van der Waals surface area contributed by atoms with E-state index in [2.05, 4.69) is 41.6 Å². The summed E-state index contributed by atoms with van der Waals surface area (Å²) in [5.74, 6) is 1.33. The van der Waals surface area contributed by atoms with E-state index >= 15 is 0 Å². The number of carbonyl (C=O) groups excluding carboxylic acids is 1. The normalized spacial score (nSPS) is 10.9. The van der Waals surface area contributed by atoms with Gasteiger partial charge in [0.25, 0.3) is 5.91 Å². The maximum atomic E-state index is 12.8. The number of methoxy groups -OCH3 is 2. The fourth-order valence-electron chi connectivity index (χ4n) is 3.54. The van der Waals surface area contributed by atoms with Crippen molar-refractivity contribution in [1.82, 2.24) is 10.3 Å². The number of benzene rings is 3. The number of amides is 1. The predicted octanol–water partition coefficient (Wildman–Crippen LogP) is 5.76. The van der Waals surface area contributed by atoms with Gasteiger partial charge in [0.15, 0.2) is 10.7 Å². The SMILES string of the molecule is COc1cccc(OC)c1C(=O)NC(=S)Nc1ccc2oc(-c3ccc(C(C)C)cc3)nc2c1. The molecule has 0 fully saturated rings. The number of oxazole rings is 1. The number of hydrogen-bond donors (Lipinski definition) is 2. The summed E-state index contributed by atoms with van der Waals surface area (Å²) in [6, 6.07) is 18.7. The van der Waals surface area contributed by atoms with Crippen LogP contribution in [0.1, 0.15) is 35.7 Å². The molecule has 0 saturated carbocycles. The van der Waals surface area contributed by atoms with Crippen molar-refractivity contribution >= 4 is 40.0 Å². The van der Waals surface area contributed by atoms with Gasteiger partial charge in [0.2, 0.25) is 5.89 Å². The lowest BCUT2D eigenvalue weighted by atomic mass is 10.0. The van der Waals surface area contributed by atoms with Gasteiger partial charge in [0.05, 0.1) is 14.2 Å². The third-order valence-electron chi connectivity index (χ3n) is 5.35. The van der Waals surface area contributed by atoms with Crippen LogP contribution >= 0.6 is 12.2 Å². The molecule has 1 aromatic heterocycles. The summed E-state index contributed by atoms with van der Waals surface area (Å²) in [6.45, 7) is 4.31. The summed E-state index contributed by atoms with van der Waals surface area (Å²) in [6.07, 6.45) is 0. The van der Waals surface area contributed by atoms with Crippen LogP contribution in [0.3, 0.4) is 0 Å². The molecule has 0 aliphatic carbocycles. The van der Waals surface area contributed by atoms with E-state index in [0.717, 1.165) is 5.56 Å². The second-order valence-electron chi connectivity index (χ2n) is 7.92. The molecule has 4 aromatic rings. The maximum Gasteiger partial charge on any atom is 0.264 e. The number of rotatable bonds is 6. The molecule has 0 bridgehead atoms. The number of ether oxygens (including phenoxy) is 2. The van der Waals surface area contributed by atoms with Crippen molar-refractivity contribution in [3.05, 3.63) is 71.8 Å². The lowest BCUT2D eigenvalue weighted by molar-refractivity contribution is 0.0971. The van der Waals surface area contributed by atoms with Gasteiger partial charge in [-0.15, -0.1) is 0 Å². The number of thiocarbonyl (C=S) groups is 1. The first-order valence-corrected chi connectivity index (χ1v) is 11.1. The highest BCUT2D eigenvalue weighted by Crippen LogP contribution is 2.29. The van der Waals surface area contributed by atoms with Crippen LogP contribution < -0.4 is 20.1 Å². The van der Waals surface area contributed by atoms with Crippen LogP contribution in [0.15, 0.2) is 65.1 Å². The zero-order valence-corrected chi connectivity index (χ0v) is 20.2. The number of fused-ring (bicyclic) bond motifs is 1. The average Bonchev–Trinajstić information content (AvgIpc) is 3.26. The van der Waals surface area contributed by atoms with E-state index in [9.17, 15) is 4.79 Å². The molecule has 34 heavy (non-hydrogen) atoms. The van der Waals surface area contributed by atoms with Crippen molar-refractivity contribution in [1.29, 1.82) is 0 Å². The molecule has 0 aliphatic heterocycles. The molecule has 2 N–H and O–H groups in total. The van der Waals surface area contributed by atoms with E-state index in [4.69, 9.17) is 26.1 Å². The fourth-order valence-corrected chi connectivity index (χ4v) is 3.75. The Morgan fingerprint density at radius 1 is 1.00 bits per heavy atom. The van der Waals surface area contributed by atoms with Gasteiger partial charge in [0, 0.05) is 11.3 Å². The first-order valence-electron chi connectivity index (χ1n) is 10.7. The second kappa shape index (κ2) is 9.93. The number of nitrogens with zero attached hydrogens (tertiary/aromatic N) is 1. The van der Waals surface area contributed by atoms with Gasteiger partial charge in [-0.1, -0.05) is 32.0 Å².